The minimum atomic E-state index is -0.693. The van der Waals surface area contributed by atoms with Crippen molar-refractivity contribution in [2.45, 2.75) is 57.0 Å². The summed E-state index contributed by atoms with van der Waals surface area (Å²) in [6.07, 6.45) is 7.88. The lowest BCUT2D eigenvalue weighted by atomic mass is 9.53. The van der Waals surface area contributed by atoms with E-state index in [4.69, 9.17) is 0 Å². The second-order valence-electron chi connectivity index (χ2n) is 8.16. The molecule has 0 unspecified atom stereocenters. The first-order valence-electron chi connectivity index (χ1n) is 8.95. The predicted octanol–water partition coefficient (Wildman–Crippen LogP) is 4.63. The van der Waals surface area contributed by atoms with Crippen LogP contribution in [0.1, 0.15) is 56.1 Å². The highest BCUT2D eigenvalue weighted by Gasteiger charge is 2.60. The molecule has 0 amide bonds. The lowest BCUT2D eigenvalue weighted by Gasteiger charge is -2.52. The molecule has 0 bridgehead atoms. The molecule has 3 aliphatic carbocycles. The molecule has 24 heavy (non-hydrogen) atoms. The third-order valence-electron chi connectivity index (χ3n) is 7.34. The van der Waals surface area contributed by atoms with Crippen molar-refractivity contribution in [2.75, 3.05) is 0 Å². The van der Waals surface area contributed by atoms with Crippen LogP contribution in [0.4, 0.5) is 0 Å². The number of benzene rings is 1. The normalized spacial score (nSPS) is 41.0. The van der Waals surface area contributed by atoms with Gasteiger partial charge in [0.15, 0.2) is 0 Å². The van der Waals surface area contributed by atoms with Gasteiger partial charge in [-0.2, -0.15) is 0 Å². The number of phenols is 2. The molecule has 130 valence electrons. The van der Waals surface area contributed by atoms with Crippen LogP contribution in [-0.2, 0) is 6.42 Å². The number of aryl methyl sites for hydroxylation is 1. The van der Waals surface area contributed by atoms with Crippen LogP contribution in [0.3, 0.4) is 0 Å². The van der Waals surface area contributed by atoms with Crippen molar-refractivity contribution in [1.29, 1.82) is 0 Å². The zero-order valence-corrected chi connectivity index (χ0v) is 16.2. The molecule has 4 heteroatoms. The Bertz CT molecular complexity index is 700. The Morgan fingerprint density at radius 3 is 2.71 bits per heavy atom. The Kier molecular flexibility index (Phi) is 3.92. The maximum Gasteiger partial charge on any atom is 0.123 e. The number of aromatic hydroxyl groups is 2. The van der Waals surface area contributed by atoms with E-state index in [1.54, 1.807) is 0 Å². The molecule has 2 fully saturated rings. The van der Waals surface area contributed by atoms with Crippen molar-refractivity contribution in [1.82, 2.24) is 0 Å². The van der Waals surface area contributed by atoms with Gasteiger partial charge in [-0.25, -0.2) is 0 Å². The van der Waals surface area contributed by atoms with E-state index in [-0.39, 0.29) is 16.9 Å². The first-order valence-corrected chi connectivity index (χ1v) is 10.2. The zero-order valence-electron chi connectivity index (χ0n) is 14.0. The van der Waals surface area contributed by atoms with Crippen LogP contribution in [0.25, 0.3) is 0 Å². The van der Waals surface area contributed by atoms with E-state index in [2.05, 4.69) is 29.5 Å². The number of hydrogen-bond donors (Lipinski definition) is 3. The Hall–Kier alpha value is -0.750. The number of halogens is 1. The smallest absolute Gasteiger partial charge is 0.123 e. The molecule has 1 aromatic rings. The largest absolute Gasteiger partial charge is 0.508 e. The number of rotatable bonds is 1. The molecule has 2 saturated carbocycles. The molecule has 0 aromatic heterocycles. The Balaban J connectivity index is 1.73. The molecule has 0 spiro atoms. The van der Waals surface area contributed by atoms with Crippen LogP contribution < -0.4 is 0 Å². The Morgan fingerprint density at radius 2 is 1.96 bits per heavy atom. The van der Waals surface area contributed by atoms with Crippen molar-refractivity contribution in [3.63, 3.8) is 0 Å². The highest BCUT2D eigenvalue weighted by molar-refractivity contribution is 14.1. The predicted molar refractivity (Wildman–Crippen MR) is 102 cm³/mol. The fourth-order valence-electron chi connectivity index (χ4n) is 6.12. The molecule has 3 aliphatic rings. The van der Waals surface area contributed by atoms with Crippen LogP contribution in [0.2, 0.25) is 0 Å². The first kappa shape index (κ1) is 16.7. The van der Waals surface area contributed by atoms with Gasteiger partial charge in [0.2, 0.25) is 0 Å². The number of aliphatic hydroxyl groups is 1. The molecule has 0 heterocycles. The number of fused-ring (bicyclic) bond motifs is 5. The summed E-state index contributed by atoms with van der Waals surface area (Å²) in [7, 11) is 0. The second kappa shape index (κ2) is 5.63. The van der Waals surface area contributed by atoms with Gasteiger partial charge in [-0.3, -0.25) is 0 Å². The van der Waals surface area contributed by atoms with Gasteiger partial charge in [0.1, 0.15) is 11.5 Å². The van der Waals surface area contributed by atoms with Crippen molar-refractivity contribution in [2.24, 2.45) is 17.3 Å². The molecule has 5 atom stereocenters. The lowest BCUT2D eigenvalue weighted by molar-refractivity contribution is -0.0709. The topological polar surface area (TPSA) is 60.7 Å². The molecular formula is C20H25IO3. The summed E-state index contributed by atoms with van der Waals surface area (Å²) in [6, 6.07) is 3.31. The Morgan fingerprint density at radius 1 is 1.17 bits per heavy atom. The zero-order chi connectivity index (χ0) is 17.1. The van der Waals surface area contributed by atoms with Gasteiger partial charge in [0, 0.05) is 17.0 Å². The van der Waals surface area contributed by atoms with Gasteiger partial charge in [-0.15, -0.1) is 0 Å². The third kappa shape index (κ3) is 2.18. The van der Waals surface area contributed by atoms with Crippen LogP contribution in [0, 0.1) is 17.3 Å². The molecule has 0 saturated heterocycles. The van der Waals surface area contributed by atoms with E-state index in [1.165, 1.54) is 6.07 Å². The molecule has 1 aromatic carbocycles. The van der Waals surface area contributed by atoms with Gasteiger partial charge >= 0.3 is 0 Å². The van der Waals surface area contributed by atoms with E-state index in [9.17, 15) is 15.3 Å². The summed E-state index contributed by atoms with van der Waals surface area (Å²) in [4.78, 5) is 0. The van der Waals surface area contributed by atoms with E-state index < -0.39 is 5.60 Å². The van der Waals surface area contributed by atoms with Crippen LogP contribution in [0.5, 0.6) is 11.5 Å². The summed E-state index contributed by atoms with van der Waals surface area (Å²) < 4.78 is 1.96. The molecule has 3 N–H and O–H groups in total. The summed E-state index contributed by atoms with van der Waals surface area (Å²) in [5.74, 6) is 1.79. The molecule has 3 nitrogen and oxygen atoms in total. The summed E-state index contributed by atoms with van der Waals surface area (Å²) >= 11 is 2.20. The number of hydrogen-bond acceptors (Lipinski definition) is 3. The van der Waals surface area contributed by atoms with Gasteiger partial charge in [0.25, 0.3) is 0 Å². The van der Waals surface area contributed by atoms with E-state index in [0.717, 1.165) is 49.7 Å². The average molecular weight is 440 g/mol. The molecule has 0 radical (unpaired) electrons. The fraction of sp³-hybridized carbons (Fsp3) is 0.600. The summed E-state index contributed by atoms with van der Waals surface area (Å²) in [5.41, 5.74) is 1.41. The van der Waals surface area contributed by atoms with Crippen molar-refractivity contribution in [3.8, 4) is 11.5 Å². The minimum Gasteiger partial charge on any atom is -0.508 e. The van der Waals surface area contributed by atoms with Crippen LogP contribution in [0.15, 0.2) is 22.3 Å². The second-order valence-corrected chi connectivity index (χ2v) is 8.88. The maximum absolute atomic E-state index is 11.2. The van der Waals surface area contributed by atoms with Crippen LogP contribution in [-0.4, -0.2) is 20.9 Å². The highest BCUT2D eigenvalue weighted by Crippen LogP contribution is 2.65. The van der Waals surface area contributed by atoms with Gasteiger partial charge in [0.05, 0.1) is 5.60 Å². The van der Waals surface area contributed by atoms with Gasteiger partial charge < -0.3 is 15.3 Å². The van der Waals surface area contributed by atoms with Gasteiger partial charge in [-0.1, -0.05) is 29.5 Å². The molecular weight excluding hydrogens is 415 g/mol. The summed E-state index contributed by atoms with van der Waals surface area (Å²) in [5, 5.41) is 31.5. The van der Waals surface area contributed by atoms with Crippen molar-refractivity contribution in [3.05, 3.63) is 33.4 Å². The highest BCUT2D eigenvalue weighted by atomic mass is 127. The monoisotopic (exact) mass is 440 g/mol. The lowest BCUT2D eigenvalue weighted by Crippen LogP contribution is -2.49. The quantitative estimate of drug-likeness (QED) is 0.558. The SMILES string of the molecule is C[C@]12CC[C@@H]3c4c(O)cc(O)cc4CC[C@H]3[C@@H]1CC[C@@]2(O)C=CI. The van der Waals surface area contributed by atoms with E-state index in [0.29, 0.717) is 17.8 Å². The fourth-order valence-corrected chi connectivity index (χ4v) is 6.71. The van der Waals surface area contributed by atoms with Crippen molar-refractivity contribution < 1.29 is 15.3 Å². The average Bonchev–Trinajstić information content (AvgIpc) is 2.79. The maximum atomic E-state index is 11.2. The van der Waals surface area contributed by atoms with E-state index in [1.807, 2.05) is 16.2 Å². The molecule has 0 aliphatic heterocycles. The van der Waals surface area contributed by atoms with Gasteiger partial charge in [-0.05, 0) is 78.1 Å². The van der Waals surface area contributed by atoms with Crippen molar-refractivity contribution >= 4 is 22.6 Å². The number of phenolic OH excluding ortho intramolecular Hbond substituents is 2. The first-order chi connectivity index (χ1) is 11.4. The molecule has 4 rings (SSSR count). The van der Waals surface area contributed by atoms with Crippen LogP contribution >= 0.6 is 22.6 Å². The summed E-state index contributed by atoms with van der Waals surface area (Å²) in [6.45, 7) is 2.27. The standard InChI is InChI=1S/C20H25IO3/c1-19-6-4-15-14(16(19)5-7-20(19,24)8-9-21)3-2-12-10-13(22)11-17(23)18(12)15/h8-11,14-16,22-24H,2-7H2,1H3/t14-,15+,16+,19+,20-/m1/s1. The third-order valence-corrected chi connectivity index (χ3v) is 7.70. The minimum absolute atomic E-state index is 0.0696. The Labute approximate surface area is 156 Å². The van der Waals surface area contributed by atoms with E-state index >= 15 is 0 Å².